The first kappa shape index (κ1) is 22.0. The van der Waals surface area contributed by atoms with E-state index in [2.05, 4.69) is 0 Å². The first-order valence-corrected chi connectivity index (χ1v) is 11.9. The van der Waals surface area contributed by atoms with E-state index in [0.717, 1.165) is 16.7 Å². The Hall–Kier alpha value is -3.25. The molecule has 32 heavy (non-hydrogen) atoms. The van der Waals surface area contributed by atoms with Gasteiger partial charge in [-0.25, -0.2) is 8.42 Å². The monoisotopic (exact) mass is 449 g/mol. The zero-order chi connectivity index (χ0) is 22.9. The summed E-state index contributed by atoms with van der Waals surface area (Å²) >= 11 is 0. The van der Waals surface area contributed by atoms with E-state index in [9.17, 15) is 8.42 Å². The average molecular weight is 450 g/mol. The van der Waals surface area contributed by atoms with Crippen molar-refractivity contribution >= 4 is 21.8 Å². The van der Waals surface area contributed by atoms with Crippen LogP contribution in [0.4, 0.5) is 5.69 Å². The number of ether oxygens (including phenoxy) is 2. The minimum atomic E-state index is -3.82. The van der Waals surface area contributed by atoms with Crippen LogP contribution in [0.25, 0.3) is 6.08 Å². The molecule has 0 atom stereocenters. The Labute approximate surface area is 190 Å². The van der Waals surface area contributed by atoms with E-state index in [-0.39, 0.29) is 11.4 Å². The van der Waals surface area contributed by atoms with Crippen molar-refractivity contribution in [1.29, 1.82) is 0 Å². The molecule has 0 radical (unpaired) electrons. The van der Waals surface area contributed by atoms with Gasteiger partial charge in [0.05, 0.1) is 24.2 Å². The van der Waals surface area contributed by atoms with Gasteiger partial charge in [0.2, 0.25) is 0 Å². The Morgan fingerprint density at radius 3 is 2.31 bits per heavy atom. The van der Waals surface area contributed by atoms with Gasteiger partial charge in [-0.1, -0.05) is 54.1 Å². The molecule has 0 saturated heterocycles. The number of rotatable bonds is 6. The number of anilines is 1. The zero-order valence-corrected chi connectivity index (χ0v) is 19.5. The fraction of sp³-hybridized carbons (Fsp3) is 0.231. The molecule has 0 fully saturated rings. The maximum Gasteiger partial charge on any atom is 0.264 e. The third kappa shape index (κ3) is 4.23. The molecule has 166 valence electrons. The number of sulfonamides is 1. The third-order valence-corrected chi connectivity index (χ3v) is 7.21. The molecule has 0 spiro atoms. The first-order valence-electron chi connectivity index (χ1n) is 10.4. The molecule has 0 bridgehead atoms. The number of nitrogens with zero attached hydrogens (tertiary/aromatic N) is 1. The van der Waals surface area contributed by atoms with E-state index in [1.807, 2.05) is 63.3 Å². The van der Waals surface area contributed by atoms with Crippen LogP contribution in [0.1, 0.15) is 30.5 Å². The van der Waals surface area contributed by atoms with E-state index < -0.39 is 15.6 Å². The highest BCUT2D eigenvalue weighted by atomic mass is 32.2. The predicted molar refractivity (Wildman–Crippen MR) is 128 cm³/mol. The SMILES string of the molecule is COc1c(CN(c2ccccc2)S(=O)(=O)c2ccc(C)cc2)ccc2c1OC(C)(C)C=C2. The lowest BCUT2D eigenvalue weighted by molar-refractivity contribution is 0.152. The van der Waals surface area contributed by atoms with Crippen LogP contribution >= 0.6 is 0 Å². The highest BCUT2D eigenvalue weighted by Crippen LogP contribution is 2.42. The topological polar surface area (TPSA) is 55.8 Å². The van der Waals surface area contributed by atoms with Crippen LogP contribution in [0.3, 0.4) is 0 Å². The van der Waals surface area contributed by atoms with Gasteiger partial charge in [-0.05, 0) is 51.1 Å². The predicted octanol–water partition coefficient (Wildman–Crippen LogP) is 5.58. The highest BCUT2D eigenvalue weighted by molar-refractivity contribution is 7.92. The number of hydrogen-bond acceptors (Lipinski definition) is 4. The normalized spacial score (nSPS) is 14.4. The molecule has 0 amide bonds. The first-order chi connectivity index (χ1) is 15.2. The summed E-state index contributed by atoms with van der Waals surface area (Å²) in [5.41, 5.74) is 2.72. The van der Waals surface area contributed by atoms with Gasteiger partial charge in [0.25, 0.3) is 10.0 Å². The van der Waals surface area contributed by atoms with Gasteiger partial charge in [0, 0.05) is 11.1 Å². The van der Waals surface area contributed by atoms with Crippen molar-refractivity contribution in [3.63, 3.8) is 0 Å². The van der Waals surface area contributed by atoms with Gasteiger partial charge >= 0.3 is 0 Å². The molecular weight excluding hydrogens is 422 g/mol. The fourth-order valence-electron chi connectivity index (χ4n) is 3.69. The molecule has 0 aliphatic carbocycles. The summed E-state index contributed by atoms with van der Waals surface area (Å²) in [6, 6.07) is 19.8. The molecule has 1 aliphatic rings. The maximum atomic E-state index is 13.7. The van der Waals surface area contributed by atoms with Gasteiger partial charge in [-0.2, -0.15) is 0 Å². The molecular formula is C26H27NO4S. The van der Waals surface area contributed by atoms with Crippen molar-refractivity contribution in [2.75, 3.05) is 11.4 Å². The van der Waals surface area contributed by atoms with Crippen LogP contribution in [0, 0.1) is 6.92 Å². The smallest absolute Gasteiger partial charge is 0.264 e. The van der Waals surface area contributed by atoms with Crippen LogP contribution in [-0.2, 0) is 16.6 Å². The molecule has 5 nitrogen and oxygen atoms in total. The Kier molecular flexibility index (Phi) is 5.73. The van der Waals surface area contributed by atoms with Crippen LogP contribution in [0.15, 0.2) is 77.7 Å². The van der Waals surface area contributed by atoms with Gasteiger partial charge in [-0.15, -0.1) is 0 Å². The molecule has 0 saturated carbocycles. The Bertz CT molecular complexity index is 1250. The Morgan fingerprint density at radius 1 is 0.969 bits per heavy atom. The standard InChI is InChI=1S/C26H27NO4S/c1-19-10-14-23(15-11-19)32(28,29)27(22-8-6-5-7-9-22)18-21-13-12-20-16-17-26(2,3)31-25(20)24(21)30-4/h5-17H,18H2,1-4H3. The van der Waals surface area contributed by atoms with E-state index in [4.69, 9.17) is 9.47 Å². The number of fused-ring (bicyclic) bond motifs is 1. The molecule has 3 aromatic rings. The summed E-state index contributed by atoms with van der Waals surface area (Å²) in [4.78, 5) is 0.240. The average Bonchev–Trinajstić information content (AvgIpc) is 2.77. The van der Waals surface area contributed by atoms with E-state index >= 15 is 0 Å². The van der Waals surface area contributed by atoms with Gasteiger partial charge in [-0.3, -0.25) is 4.31 Å². The van der Waals surface area contributed by atoms with Gasteiger partial charge < -0.3 is 9.47 Å². The van der Waals surface area contributed by atoms with Crippen molar-refractivity contribution in [2.45, 2.75) is 37.8 Å². The molecule has 0 N–H and O–H groups in total. The Morgan fingerprint density at radius 2 is 1.66 bits per heavy atom. The van der Waals surface area contributed by atoms with Gasteiger partial charge in [0.1, 0.15) is 5.60 Å². The summed E-state index contributed by atoms with van der Waals surface area (Å²) in [5, 5.41) is 0. The summed E-state index contributed by atoms with van der Waals surface area (Å²) < 4.78 is 40.7. The highest BCUT2D eigenvalue weighted by Gasteiger charge is 2.30. The van der Waals surface area contributed by atoms with Crippen LogP contribution < -0.4 is 13.8 Å². The van der Waals surface area contributed by atoms with E-state index in [1.165, 1.54) is 4.31 Å². The molecule has 3 aromatic carbocycles. The largest absolute Gasteiger partial charge is 0.492 e. The van der Waals surface area contributed by atoms with Crippen molar-refractivity contribution in [3.05, 3.63) is 89.5 Å². The van der Waals surface area contributed by atoms with Gasteiger partial charge in [0.15, 0.2) is 11.5 Å². The molecule has 1 aliphatic heterocycles. The number of benzene rings is 3. The van der Waals surface area contributed by atoms with E-state index in [1.54, 1.807) is 43.5 Å². The second-order valence-electron chi connectivity index (χ2n) is 8.38. The number of para-hydroxylation sites is 1. The van der Waals surface area contributed by atoms with Crippen molar-refractivity contribution in [3.8, 4) is 11.5 Å². The minimum absolute atomic E-state index is 0.101. The van der Waals surface area contributed by atoms with Crippen LogP contribution in [0.2, 0.25) is 0 Å². The summed E-state index contributed by atoms with van der Waals surface area (Å²) in [7, 11) is -2.24. The Balaban J connectivity index is 1.81. The second-order valence-corrected chi connectivity index (χ2v) is 10.2. The fourth-order valence-corrected chi connectivity index (χ4v) is 5.14. The lowest BCUT2D eigenvalue weighted by Gasteiger charge is -2.31. The van der Waals surface area contributed by atoms with Crippen molar-refractivity contribution < 1.29 is 17.9 Å². The lowest BCUT2D eigenvalue weighted by Crippen LogP contribution is -2.31. The van der Waals surface area contributed by atoms with Crippen molar-refractivity contribution in [1.82, 2.24) is 0 Å². The summed E-state index contributed by atoms with van der Waals surface area (Å²) in [6.45, 7) is 5.97. The quantitative estimate of drug-likeness (QED) is 0.493. The van der Waals surface area contributed by atoms with Crippen molar-refractivity contribution in [2.24, 2.45) is 0 Å². The van der Waals surface area contributed by atoms with Crippen LogP contribution in [-0.4, -0.2) is 21.1 Å². The maximum absolute atomic E-state index is 13.7. The van der Waals surface area contributed by atoms with Crippen LogP contribution in [0.5, 0.6) is 11.5 Å². The molecule has 4 rings (SSSR count). The molecule has 0 unspecified atom stereocenters. The number of hydrogen-bond donors (Lipinski definition) is 0. The minimum Gasteiger partial charge on any atom is -0.492 e. The zero-order valence-electron chi connectivity index (χ0n) is 18.7. The molecule has 0 aromatic heterocycles. The third-order valence-electron chi connectivity index (χ3n) is 5.42. The molecule has 1 heterocycles. The van der Waals surface area contributed by atoms with E-state index in [0.29, 0.717) is 17.2 Å². The molecule has 6 heteroatoms. The number of methoxy groups -OCH3 is 1. The summed E-state index contributed by atoms with van der Waals surface area (Å²) in [5.74, 6) is 1.17. The lowest BCUT2D eigenvalue weighted by atomic mass is 10.00. The summed E-state index contributed by atoms with van der Waals surface area (Å²) in [6.07, 6.45) is 4.00. The number of aryl methyl sites for hydroxylation is 1. The second kappa shape index (κ2) is 8.36.